The lowest BCUT2D eigenvalue weighted by molar-refractivity contribution is -0.143. The van der Waals surface area contributed by atoms with Gasteiger partial charge in [0.25, 0.3) is 0 Å². The topological polar surface area (TPSA) is 115 Å². The van der Waals surface area contributed by atoms with E-state index in [0.717, 1.165) is 35.3 Å². The number of pyridine rings is 3. The van der Waals surface area contributed by atoms with Gasteiger partial charge in [-0.15, -0.1) is 0 Å². The molecule has 1 atom stereocenters. The first-order valence-corrected chi connectivity index (χ1v) is 13.3. The summed E-state index contributed by atoms with van der Waals surface area (Å²) < 4.78 is 39.2. The summed E-state index contributed by atoms with van der Waals surface area (Å²) in [6.45, 7) is 4.89. The van der Waals surface area contributed by atoms with Gasteiger partial charge in [-0.1, -0.05) is 0 Å². The monoisotopic (exact) mass is 569 g/mol. The molecule has 3 aromatic rings. The molecular formula is C28H30F3N7O3. The van der Waals surface area contributed by atoms with E-state index in [1.54, 1.807) is 22.1 Å². The van der Waals surface area contributed by atoms with Crippen molar-refractivity contribution in [1.82, 2.24) is 24.8 Å². The molecule has 2 N–H and O–H groups in total. The van der Waals surface area contributed by atoms with E-state index in [4.69, 9.17) is 0 Å². The second kappa shape index (κ2) is 11.6. The SMILES string of the molecule is Cc1cc(Nc2cc(C(F)(F)F)ccn2)nc(-c2ccc(N3CCN(C(=O)N4CCCC(C(=O)O)C4)CC3)nc2)c1. The predicted molar refractivity (Wildman–Crippen MR) is 146 cm³/mol. The van der Waals surface area contributed by atoms with Gasteiger partial charge >= 0.3 is 18.2 Å². The highest BCUT2D eigenvalue weighted by Gasteiger charge is 2.32. The number of carbonyl (C=O) groups excluding carboxylic acids is 1. The number of hydrogen-bond acceptors (Lipinski definition) is 7. The van der Waals surface area contributed by atoms with E-state index in [2.05, 4.69) is 25.2 Å². The van der Waals surface area contributed by atoms with Crippen LogP contribution >= 0.6 is 0 Å². The molecule has 216 valence electrons. The van der Waals surface area contributed by atoms with Crippen LogP contribution in [-0.4, -0.2) is 81.1 Å². The molecule has 0 spiro atoms. The number of rotatable bonds is 5. The maximum Gasteiger partial charge on any atom is 0.416 e. The number of carboxylic acids is 1. The third-order valence-corrected chi connectivity index (χ3v) is 7.27. The van der Waals surface area contributed by atoms with Crippen LogP contribution in [0.1, 0.15) is 24.0 Å². The summed E-state index contributed by atoms with van der Waals surface area (Å²) in [5.41, 5.74) is 1.41. The first kappa shape index (κ1) is 28.1. The minimum atomic E-state index is -4.47. The number of carboxylic acid groups (broad SMARTS) is 1. The second-order valence-corrected chi connectivity index (χ2v) is 10.3. The Balaban J connectivity index is 1.21. The number of alkyl halides is 3. The van der Waals surface area contributed by atoms with Gasteiger partial charge in [0.2, 0.25) is 0 Å². The van der Waals surface area contributed by atoms with Crippen molar-refractivity contribution in [2.24, 2.45) is 5.92 Å². The molecule has 13 heteroatoms. The molecule has 2 fully saturated rings. The van der Waals surface area contributed by atoms with E-state index in [1.165, 1.54) is 0 Å². The van der Waals surface area contributed by atoms with E-state index < -0.39 is 23.6 Å². The molecule has 1 unspecified atom stereocenters. The van der Waals surface area contributed by atoms with Gasteiger partial charge in [-0.2, -0.15) is 13.2 Å². The number of urea groups is 1. The first-order valence-electron chi connectivity index (χ1n) is 13.3. The highest BCUT2D eigenvalue weighted by Crippen LogP contribution is 2.31. The maximum absolute atomic E-state index is 13.1. The number of carbonyl (C=O) groups is 2. The molecule has 2 amide bonds. The van der Waals surface area contributed by atoms with Crippen molar-refractivity contribution in [3.8, 4) is 11.3 Å². The van der Waals surface area contributed by atoms with Crippen molar-refractivity contribution < 1.29 is 27.9 Å². The number of anilines is 3. The van der Waals surface area contributed by atoms with Gasteiger partial charge in [-0.25, -0.2) is 19.7 Å². The highest BCUT2D eigenvalue weighted by atomic mass is 19.4. The Kier molecular flexibility index (Phi) is 7.95. The van der Waals surface area contributed by atoms with Crippen molar-refractivity contribution in [3.05, 3.63) is 59.9 Å². The minimum Gasteiger partial charge on any atom is -0.481 e. The normalized spacial score (nSPS) is 17.9. The van der Waals surface area contributed by atoms with E-state index in [0.29, 0.717) is 57.1 Å². The zero-order valence-corrected chi connectivity index (χ0v) is 22.4. The fraction of sp³-hybridized carbons (Fsp3) is 0.393. The Bertz CT molecular complexity index is 1410. The third kappa shape index (κ3) is 6.67. The molecule has 0 bridgehead atoms. The number of amides is 2. The number of likely N-dealkylation sites (tertiary alicyclic amines) is 1. The number of aliphatic carboxylic acids is 1. The lowest BCUT2D eigenvalue weighted by Gasteiger charge is -2.39. The van der Waals surface area contributed by atoms with Crippen molar-refractivity contribution in [3.63, 3.8) is 0 Å². The van der Waals surface area contributed by atoms with E-state index in [1.807, 2.05) is 25.1 Å². The number of aromatic nitrogens is 3. The molecule has 10 nitrogen and oxygen atoms in total. The molecule has 2 saturated heterocycles. The van der Waals surface area contributed by atoms with Crippen LogP contribution < -0.4 is 10.2 Å². The molecule has 5 rings (SSSR count). The number of nitrogens with one attached hydrogen (secondary N) is 1. The first-order chi connectivity index (χ1) is 19.6. The van der Waals surface area contributed by atoms with Gasteiger partial charge in [-0.3, -0.25) is 4.79 Å². The molecule has 3 aromatic heterocycles. The third-order valence-electron chi connectivity index (χ3n) is 7.27. The summed E-state index contributed by atoms with van der Waals surface area (Å²) in [5, 5.41) is 12.2. The number of hydrogen-bond donors (Lipinski definition) is 2. The summed E-state index contributed by atoms with van der Waals surface area (Å²) in [6.07, 6.45) is -0.395. The molecule has 0 aromatic carbocycles. The molecular weight excluding hydrogens is 539 g/mol. The molecule has 0 saturated carbocycles. The Morgan fingerprint density at radius 1 is 0.976 bits per heavy atom. The minimum absolute atomic E-state index is 0.0389. The fourth-order valence-electron chi connectivity index (χ4n) is 5.09. The van der Waals surface area contributed by atoms with E-state index >= 15 is 0 Å². The summed E-state index contributed by atoms with van der Waals surface area (Å²) in [6, 6.07) is 9.08. The molecule has 2 aliphatic heterocycles. The molecule has 2 aliphatic rings. The smallest absolute Gasteiger partial charge is 0.416 e. The van der Waals surface area contributed by atoms with Crippen LogP contribution in [0.3, 0.4) is 0 Å². The van der Waals surface area contributed by atoms with Gasteiger partial charge in [0.05, 0.1) is 17.2 Å². The molecule has 41 heavy (non-hydrogen) atoms. The Morgan fingerprint density at radius 3 is 2.44 bits per heavy atom. The van der Waals surface area contributed by atoms with Crippen molar-refractivity contribution in [1.29, 1.82) is 0 Å². The number of piperazine rings is 1. The lowest BCUT2D eigenvalue weighted by Crippen LogP contribution is -2.55. The molecule has 0 aliphatic carbocycles. The van der Waals surface area contributed by atoms with Gasteiger partial charge in [0.15, 0.2) is 0 Å². The summed E-state index contributed by atoms with van der Waals surface area (Å²) >= 11 is 0. The van der Waals surface area contributed by atoms with Crippen LogP contribution in [0.4, 0.5) is 35.4 Å². The van der Waals surface area contributed by atoms with E-state index in [-0.39, 0.29) is 18.4 Å². The number of nitrogens with zero attached hydrogens (tertiary/aromatic N) is 6. The zero-order valence-electron chi connectivity index (χ0n) is 22.4. The van der Waals surface area contributed by atoms with Gasteiger partial charge in [-0.05, 0) is 61.7 Å². The van der Waals surface area contributed by atoms with Crippen LogP contribution in [0.2, 0.25) is 0 Å². The van der Waals surface area contributed by atoms with Gasteiger partial charge < -0.3 is 25.1 Å². The molecule has 5 heterocycles. The maximum atomic E-state index is 13.1. The van der Waals surface area contributed by atoms with Crippen LogP contribution in [0.5, 0.6) is 0 Å². The van der Waals surface area contributed by atoms with Crippen molar-refractivity contribution >= 4 is 29.5 Å². The van der Waals surface area contributed by atoms with Gasteiger partial charge in [0.1, 0.15) is 17.5 Å². The van der Waals surface area contributed by atoms with Crippen molar-refractivity contribution in [2.45, 2.75) is 25.9 Å². The van der Waals surface area contributed by atoms with Crippen molar-refractivity contribution in [2.75, 3.05) is 49.5 Å². The Hall–Kier alpha value is -4.42. The van der Waals surface area contributed by atoms with Crippen LogP contribution in [0.25, 0.3) is 11.3 Å². The summed E-state index contributed by atoms with van der Waals surface area (Å²) in [4.78, 5) is 42.9. The Morgan fingerprint density at radius 2 is 1.76 bits per heavy atom. The quantitative estimate of drug-likeness (QED) is 0.457. The predicted octanol–water partition coefficient (Wildman–Crippen LogP) is 4.65. The zero-order chi connectivity index (χ0) is 29.1. The average molecular weight is 570 g/mol. The summed E-state index contributed by atoms with van der Waals surface area (Å²) in [7, 11) is 0. The average Bonchev–Trinajstić information content (AvgIpc) is 2.96. The van der Waals surface area contributed by atoms with Crippen LogP contribution in [-0.2, 0) is 11.0 Å². The lowest BCUT2D eigenvalue weighted by atomic mass is 9.98. The number of halogens is 3. The van der Waals surface area contributed by atoms with Crippen LogP contribution in [0, 0.1) is 12.8 Å². The fourth-order valence-corrected chi connectivity index (χ4v) is 5.09. The van der Waals surface area contributed by atoms with Gasteiger partial charge in [0, 0.05) is 57.2 Å². The molecule has 0 radical (unpaired) electrons. The number of aryl methyl sites for hydroxylation is 1. The summed E-state index contributed by atoms with van der Waals surface area (Å²) in [5.74, 6) is -0.215. The highest BCUT2D eigenvalue weighted by molar-refractivity contribution is 5.77. The van der Waals surface area contributed by atoms with Crippen LogP contribution in [0.15, 0.2) is 48.8 Å². The largest absolute Gasteiger partial charge is 0.481 e. The standard InChI is InChI=1S/C28H30F3N7O3/c1-18-13-22(34-24(14-18)35-23-15-21(6-7-32-23)28(29,30)31)19-4-5-25(33-16-19)36-9-11-37(12-10-36)27(41)38-8-2-3-20(17-38)26(39)40/h4-7,13-16,20H,2-3,8-12,17H2,1H3,(H,39,40)(H,32,34,35). The number of piperidine rings is 1. The van der Waals surface area contributed by atoms with E-state index in [9.17, 15) is 27.9 Å². The second-order valence-electron chi connectivity index (χ2n) is 10.3. The Labute approximate surface area is 234 Å².